The third kappa shape index (κ3) is 1.30. The lowest BCUT2D eigenvalue weighted by molar-refractivity contribution is -0.0301. The molecule has 0 aromatic rings. The third-order valence-corrected chi connectivity index (χ3v) is 1.32. The Bertz CT molecular complexity index is 121. The van der Waals surface area contributed by atoms with Crippen LogP contribution in [0, 0.1) is 6.42 Å². The summed E-state index contributed by atoms with van der Waals surface area (Å²) in [6.07, 6.45) is 1.47. The van der Waals surface area contributed by atoms with Crippen LogP contribution in [0.1, 0.15) is 0 Å². The lowest BCUT2D eigenvalue weighted by Crippen LogP contribution is -2.38. The van der Waals surface area contributed by atoms with E-state index in [4.69, 9.17) is 15.3 Å². The second-order valence-corrected chi connectivity index (χ2v) is 2.05. The monoisotopic (exact) mass is 129 g/mol. The number of hydrogen-bond donors (Lipinski definition) is 3. The highest BCUT2D eigenvalue weighted by atomic mass is 16.4. The average Bonchev–Trinajstić information content (AvgIpc) is 1.83. The van der Waals surface area contributed by atoms with E-state index in [9.17, 15) is 0 Å². The van der Waals surface area contributed by atoms with Crippen LogP contribution in [-0.4, -0.2) is 33.6 Å². The Balaban J connectivity index is 2.58. The Morgan fingerprint density at radius 1 is 1.00 bits per heavy atom. The Morgan fingerprint density at radius 3 is 2.11 bits per heavy atom. The molecule has 9 heavy (non-hydrogen) atoms. The van der Waals surface area contributed by atoms with Crippen LogP contribution in [0.4, 0.5) is 0 Å². The third-order valence-electron chi connectivity index (χ3n) is 1.32. The van der Waals surface area contributed by atoms with Gasteiger partial charge in [-0.25, -0.2) is 0 Å². The summed E-state index contributed by atoms with van der Waals surface area (Å²) in [6.45, 7) is 0. The zero-order valence-corrected chi connectivity index (χ0v) is 4.81. The van der Waals surface area contributed by atoms with Crippen molar-refractivity contribution < 1.29 is 15.3 Å². The van der Waals surface area contributed by atoms with Crippen LogP contribution in [0.2, 0.25) is 0 Å². The summed E-state index contributed by atoms with van der Waals surface area (Å²) in [6, 6.07) is 0. The molecule has 0 fully saturated rings. The summed E-state index contributed by atoms with van der Waals surface area (Å²) in [7, 11) is 0. The van der Waals surface area contributed by atoms with E-state index in [0.717, 1.165) is 0 Å². The van der Waals surface area contributed by atoms with Crippen molar-refractivity contribution in [3.63, 3.8) is 0 Å². The summed E-state index contributed by atoms with van der Waals surface area (Å²) in [5, 5.41) is 26.5. The molecule has 1 aliphatic rings. The molecule has 3 heteroatoms. The lowest BCUT2D eigenvalue weighted by atomic mass is 9.99. The van der Waals surface area contributed by atoms with E-state index in [2.05, 4.69) is 0 Å². The fourth-order valence-electron chi connectivity index (χ4n) is 0.722. The fraction of sp³-hybridized carbons (Fsp3) is 0.500. The van der Waals surface area contributed by atoms with E-state index >= 15 is 0 Å². The van der Waals surface area contributed by atoms with Gasteiger partial charge in [-0.05, 0) is 0 Å². The molecular formula is C6H9O3. The normalized spacial score (nSPS) is 43.2. The Kier molecular flexibility index (Phi) is 1.85. The van der Waals surface area contributed by atoms with Crippen LogP contribution in [0.3, 0.4) is 0 Å². The van der Waals surface area contributed by atoms with Crippen molar-refractivity contribution in [1.29, 1.82) is 0 Å². The van der Waals surface area contributed by atoms with Crippen LogP contribution in [0.5, 0.6) is 0 Å². The van der Waals surface area contributed by atoms with Crippen LogP contribution in [-0.2, 0) is 0 Å². The molecule has 0 aromatic carbocycles. The minimum absolute atomic E-state index is 0.926. The highest BCUT2D eigenvalue weighted by molar-refractivity contribution is 5.12. The molecule has 0 bridgehead atoms. The van der Waals surface area contributed by atoms with E-state index < -0.39 is 18.3 Å². The summed E-state index contributed by atoms with van der Waals surface area (Å²) < 4.78 is 0. The molecule has 1 aliphatic carbocycles. The molecule has 3 atom stereocenters. The van der Waals surface area contributed by atoms with Crippen molar-refractivity contribution >= 4 is 0 Å². The molecule has 0 aromatic heterocycles. The Labute approximate surface area is 53.3 Å². The molecule has 51 valence electrons. The topological polar surface area (TPSA) is 60.7 Å². The molecule has 0 saturated carbocycles. The number of aliphatic hydroxyl groups is 3. The minimum Gasteiger partial charge on any atom is -0.390 e. The molecular weight excluding hydrogens is 120 g/mol. The van der Waals surface area contributed by atoms with Gasteiger partial charge in [0.2, 0.25) is 0 Å². The molecule has 0 heterocycles. The Hall–Kier alpha value is -0.380. The van der Waals surface area contributed by atoms with Crippen molar-refractivity contribution in [3.05, 3.63) is 18.6 Å². The SMILES string of the molecule is OC1[CH]C=CC(O)C1O. The number of hydrogen-bond acceptors (Lipinski definition) is 3. The second-order valence-electron chi connectivity index (χ2n) is 2.05. The molecule has 1 radical (unpaired) electrons. The predicted octanol–water partition coefficient (Wildman–Crippen LogP) is -1.16. The van der Waals surface area contributed by atoms with Gasteiger partial charge in [0.25, 0.3) is 0 Å². The quantitative estimate of drug-likeness (QED) is 0.387. The van der Waals surface area contributed by atoms with Gasteiger partial charge < -0.3 is 15.3 Å². The van der Waals surface area contributed by atoms with Gasteiger partial charge in [0.15, 0.2) is 0 Å². The molecule has 0 saturated heterocycles. The van der Waals surface area contributed by atoms with Gasteiger partial charge in [-0.2, -0.15) is 0 Å². The second kappa shape index (κ2) is 2.47. The summed E-state index contributed by atoms with van der Waals surface area (Å²) in [4.78, 5) is 0. The van der Waals surface area contributed by atoms with Crippen LogP contribution < -0.4 is 0 Å². The Morgan fingerprint density at radius 2 is 1.67 bits per heavy atom. The van der Waals surface area contributed by atoms with E-state index in [1.165, 1.54) is 18.6 Å². The van der Waals surface area contributed by atoms with E-state index in [0.29, 0.717) is 0 Å². The van der Waals surface area contributed by atoms with Crippen LogP contribution >= 0.6 is 0 Å². The highest BCUT2D eigenvalue weighted by Crippen LogP contribution is 2.10. The molecule has 3 nitrogen and oxygen atoms in total. The standard InChI is InChI=1S/C6H9O3/c7-4-2-1-3-5(8)6(4)9/h1-9H. The summed E-state index contributed by atoms with van der Waals surface area (Å²) in [5.41, 5.74) is 0. The maximum Gasteiger partial charge on any atom is 0.110 e. The largest absolute Gasteiger partial charge is 0.390 e. The van der Waals surface area contributed by atoms with Gasteiger partial charge in [-0.1, -0.05) is 12.2 Å². The molecule has 3 unspecified atom stereocenters. The van der Waals surface area contributed by atoms with Crippen molar-refractivity contribution in [2.24, 2.45) is 0 Å². The first-order valence-corrected chi connectivity index (χ1v) is 2.77. The maximum atomic E-state index is 8.86. The molecule has 0 amide bonds. The van der Waals surface area contributed by atoms with Gasteiger partial charge in [0.05, 0.1) is 6.10 Å². The van der Waals surface area contributed by atoms with Gasteiger partial charge in [-0.3, -0.25) is 0 Å². The molecule has 0 aliphatic heterocycles. The van der Waals surface area contributed by atoms with Crippen molar-refractivity contribution in [2.75, 3.05) is 0 Å². The van der Waals surface area contributed by atoms with Gasteiger partial charge >= 0.3 is 0 Å². The zero-order chi connectivity index (χ0) is 6.85. The lowest BCUT2D eigenvalue weighted by Gasteiger charge is -2.22. The van der Waals surface area contributed by atoms with Gasteiger partial charge in [0, 0.05) is 6.42 Å². The fourth-order valence-corrected chi connectivity index (χ4v) is 0.722. The maximum absolute atomic E-state index is 8.86. The van der Waals surface area contributed by atoms with E-state index in [-0.39, 0.29) is 0 Å². The van der Waals surface area contributed by atoms with Crippen LogP contribution in [0.25, 0.3) is 0 Å². The van der Waals surface area contributed by atoms with Crippen molar-refractivity contribution in [1.82, 2.24) is 0 Å². The summed E-state index contributed by atoms with van der Waals surface area (Å²) in [5.74, 6) is 0. The molecule has 3 N–H and O–H groups in total. The van der Waals surface area contributed by atoms with Crippen LogP contribution in [0.15, 0.2) is 12.2 Å². The average molecular weight is 129 g/mol. The first-order valence-electron chi connectivity index (χ1n) is 2.77. The smallest absolute Gasteiger partial charge is 0.110 e. The van der Waals surface area contributed by atoms with Gasteiger partial charge in [-0.15, -0.1) is 0 Å². The predicted molar refractivity (Wildman–Crippen MR) is 31.5 cm³/mol. The first-order chi connectivity index (χ1) is 4.22. The summed E-state index contributed by atoms with van der Waals surface area (Å²) >= 11 is 0. The zero-order valence-electron chi connectivity index (χ0n) is 4.81. The molecule has 0 spiro atoms. The minimum atomic E-state index is -1.06. The van der Waals surface area contributed by atoms with Crippen molar-refractivity contribution in [2.45, 2.75) is 18.3 Å². The molecule has 1 rings (SSSR count). The number of aliphatic hydroxyl groups excluding tert-OH is 3. The first kappa shape index (κ1) is 6.74. The van der Waals surface area contributed by atoms with Crippen molar-refractivity contribution in [3.8, 4) is 0 Å². The van der Waals surface area contributed by atoms with Gasteiger partial charge in [0.1, 0.15) is 12.2 Å². The van der Waals surface area contributed by atoms with E-state index in [1.807, 2.05) is 0 Å². The van der Waals surface area contributed by atoms with E-state index in [1.54, 1.807) is 0 Å². The number of rotatable bonds is 0. The highest BCUT2D eigenvalue weighted by Gasteiger charge is 2.24.